The molecule has 2 aromatic carbocycles. The molecule has 3 heterocycles. The number of imide groups is 1. The van der Waals surface area contributed by atoms with Crippen LogP contribution in [0.3, 0.4) is 0 Å². The van der Waals surface area contributed by atoms with Crippen molar-refractivity contribution in [2.24, 2.45) is 4.99 Å². The zero-order valence-electron chi connectivity index (χ0n) is 19.2. The van der Waals surface area contributed by atoms with E-state index in [2.05, 4.69) is 36.9 Å². The van der Waals surface area contributed by atoms with Crippen molar-refractivity contribution < 1.29 is 14.3 Å². The number of methoxy groups -OCH3 is 1. The highest BCUT2D eigenvalue weighted by atomic mass is 16.5. The van der Waals surface area contributed by atoms with Crippen LogP contribution < -0.4 is 4.90 Å². The summed E-state index contributed by atoms with van der Waals surface area (Å²) in [5.41, 5.74) is 5.24. The van der Waals surface area contributed by atoms with Crippen LogP contribution in [0, 0.1) is 13.8 Å². The number of amides is 3. The molecule has 1 saturated heterocycles. The average Bonchev–Trinajstić information content (AvgIpc) is 3.35. The fraction of sp³-hybridized carbons (Fsp3) is 0.320. The standard InChI is InChI=1S/C25H27N5O3/c1-16-10-11-19(17(2)14-16)30-20(18-8-6-5-7-9-18)15-29-21-22(26-24(29)30)27(3)25(32)28(23(21)31)12-13-33-4/h5-11,14-15,21-22H,12-13H2,1-4H3. The molecular formula is C25H27N5O3. The third-order valence-corrected chi connectivity index (χ3v) is 6.39. The Hall–Kier alpha value is -3.65. The molecule has 2 unspecified atom stereocenters. The molecule has 0 aromatic heterocycles. The van der Waals surface area contributed by atoms with E-state index < -0.39 is 12.2 Å². The van der Waals surface area contributed by atoms with Gasteiger partial charge in [-0.3, -0.25) is 19.5 Å². The number of rotatable bonds is 5. The van der Waals surface area contributed by atoms with Crippen molar-refractivity contribution in [2.45, 2.75) is 26.1 Å². The van der Waals surface area contributed by atoms with Crippen LogP contribution in [0.25, 0.3) is 5.70 Å². The van der Waals surface area contributed by atoms with Gasteiger partial charge in [0.05, 0.1) is 24.5 Å². The van der Waals surface area contributed by atoms with Gasteiger partial charge in [0, 0.05) is 25.9 Å². The van der Waals surface area contributed by atoms with E-state index in [-0.39, 0.29) is 25.1 Å². The van der Waals surface area contributed by atoms with Crippen LogP contribution in [-0.4, -0.2) is 72.1 Å². The Labute approximate surface area is 193 Å². The zero-order chi connectivity index (χ0) is 23.3. The zero-order valence-corrected chi connectivity index (χ0v) is 19.2. The Balaban J connectivity index is 1.61. The number of hydrogen-bond donors (Lipinski definition) is 0. The number of ether oxygens (including phenoxy) is 1. The van der Waals surface area contributed by atoms with Crippen LogP contribution in [0.4, 0.5) is 10.5 Å². The van der Waals surface area contributed by atoms with Crippen molar-refractivity contribution in [2.75, 3.05) is 32.2 Å². The number of fused-ring (bicyclic) bond motifs is 3. The Morgan fingerprint density at radius 3 is 2.52 bits per heavy atom. The molecular weight excluding hydrogens is 418 g/mol. The average molecular weight is 446 g/mol. The predicted molar refractivity (Wildman–Crippen MR) is 126 cm³/mol. The van der Waals surface area contributed by atoms with E-state index in [4.69, 9.17) is 9.73 Å². The lowest BCUT2D eigenvalue weighted by Gasteiger charge is -2.40. The third-order valence-electron chi connectivity index (χ3n) is 6.39. The lowest BCUT2D eigenvalue weighted by atomic mass is 10.1. The van der Waals surface area contributed by atoms with E-state index in [1.54, 1.807) is 19.1 Å². The Morgan fingerprint density at radius 1 is 1.06 bits per heavy atom. The minimum Gasteiger partial charge on any atom is -0.383 e. The molecule has 3 aliphatic heterocycles. The quantitative estimate of drug-likeness (QED) is 0.708. The van der Waals surface area contributed by atoms with E-state index in [1.165, 1.54) is 10.5 Å². The van der Waals surface area contributed by atoms with Gasteiger partial charge in [0.1, 0.15) is 0 Å². The molecule has 0 N–H and O–H groups in total. The summed E-state index contributed by atoms with van der Waals surface area (Å²) in [4.78, 5) is 38.1. The number of guanidine groups is 1. The molecule has 2 atom stereocenters. The molecule has 0 spiro atoms. The normalized spacial score (nSPS) is 21.9. The smallest absolute Gasteiger partial charge is 0.328 e. The number of carbonyl (C=O) groups is 2. The fourth-order valence-corrected chi connectivity index (χ4v) is 4.73. The topological polar surface area (TPSA) is 68.7 Å². The second-order valence-corrected chi connectivity index (χ2v) is 8.58. The maximum Gasteiger partial charge on any atom is 0.328 e. The summed E-state index contributed by atoms with van der Waals surface area (Å²) in [6, 6.07) is 15.4. The Bertz CT molecular complexity index is 1180. The maximum absolute atomic E-state index is 13.5. The van der Waals surface area contributed by atoms with Crippen LogP contribution in [0.1, 0.15) is 16.7 Å². The Morgan fingerprint density at radius 2 is 1.82 bits per heavy atom. The van der Waals surface area contributed by atoms with Crippen LogP contribution in [0.15, 0.2) is 59.7 Å². The van der Waals surface area contributed by atoms with E-state index in [9.17, 15) is 9.59 Å². The van der Waals surface area contributed by atoms with E-state index in [1.807, 2.05) is 41.4 Å². The minimum absolute atomic E-state index is 0.209. The van der Waals surface area contributed by atoms with Crippen LogP contribution in [0.2, 0.25) is 0 Å². The first kappa shape index (κ1) is 21.2. The SMILES string of the molecule is COCCN1C(=O)C2C(N=C3N(c4ccc(C)cc4C)C(c4ccccc4)=CN32)N(C)C1=O. The molecule has 8 nitrogen and oxygen atoms in total. The predicted octanol–water partition coefficient (Wildman–Crippen LogP) is 3.03. The van der Waals surface area contributed by atoms with E-state index in [0.717, 1.165) is 22.5 Å². The fourth-order valence-electron chi connectivity index (χ4n) is 4.73. The number of benzene rings is 2. The van der Waals surface area contributed by atoms with Gasteiger partial charge in [-0.05, 0) is 25.5 Å². The highest BCUT2D eigenvalue weighted by Crippen LogP contribution is 2.41. The molecule has 8 heteroatoms. The van der Waals surface area contributed by atoms with Gasteiger partial charge in [-0.2, -0.15) is 0 Å². The molecule has 5 rings (SSSR count). The highest BCUT2D eigenvalue weighted by molar-refractivity contribution is 6.16. The number of urea groups is 1. The first-order valence-corrected chi connectivity index (χ1v) is 11.0. The molecule has 1 fully saturated rings. The number of nitrogens with zero attached hydrogens (tertiary/aromatic N) is 5. The summed E-state index contributed by atoms with van der Waals surface area (Å²) < 4.78 is 5.12. The minimum atomic E-state index is -0.617. The van der Waals surface area contributed by atoms with Crippen LogP contribution in [-0.2, 0) is 9.53 Å². The van der Waals surface area contributed by atoms with E-state index >= 15 is 0 Å². The molecule has 33 heavy (non-hydrogen) atoms. The van der Waals surface area contributed by atoms with Crippen LogP contribution >= 0.6 is 0 Å². The highest BCUT2D eigenvalue weighted by Gasteiger charge is 2.54. The number of hydrogen-bond acceptors (Lipinski definition) is 6. The van der Waals surface area contributed by atoms with Gasteiger partial charge in [0.25, 0.3) is 5.91 Å². The van der Waals surface area contributed by atoms with Gasteiger partial charge < -0.3 is 9.64 Å². The largest absolute Gasteiger partial charge is 0.383 e. The number of likely N-dealkylation sites (N-methyl/N-ethyl adjacent to an activating group) is 1. The number of aliphatic imine (C=N–C) groups is 1. The van der Waals surface area contributed by atoms with E-state index in [0.29, 0.717) is 5.96 Å². The van der Waals surface area contributed by atoms with Gasteiger partial charge in [0.2, 0.25) is 5.96 Å². The first-order valence-electron chi connectivity index (χ1n) is 11.0. The Kier molecular flexibility index (Phi) is 5.17. The van der Waals surface area contributed by atoms with Gasteiger partial charge in [-0.1, -0.05) is 48.0 Å². The molecule has 0 radical (unpaired) electrons. The molecule has 3 aliphatic rings. The van der Waals surface area contributed by atoms with Crippen molar-refractivity contribution in [1.82, 2.24) is 14.7 Å². The van der Waals surface area contributed by atoms with Gasteiger partial charge in [0.15, 0.2) is 12.2 Å². The molecule has 3 amide bonds. The lowest BCUT2D eigenvalue weighted by Crippen LogP contribution is -2.64. The van der Waals surface area contributed by atoms with Crippen molar-refractivity contribution in [3.63, 3.8) is 0 Å². The van der Waals surface area contributed by atoms with Crippen molar-refractivity contribution in [3.8, 4) is 0 Å². The second-order valence-electron chi connectivity index (χ2n) is 8.58. The van der Waals surface area contributed by atoms with Crippen molar-refractivity contribution in [1.29, 1.82) is 0 Å². The third kappa shape index (κ3) is 3.29. The maximum atomic E-state index is 13.5. The summed E-state index contributed by atoms with van der Waals surface area (Å²) in [5.74, 6) is 0.391. The molecule has 170 valence electrons. The first-order chi connectivity index (χ1) is 15.9. The van der Waals surface area contributed by atoms with Crippen LogP contribution in [0.5, 0.6) is 0 Å². The summed E-state index contributed by atoms with van der Waals surface area (Å²) in [5, 5.41) is 0. The number of anilines is 1. The van der Waals surface area contributed by atoms with Crippen molar-refractivity contribution in [3.05, 3.63) is 71.4 Å². The molecule has 0 aliphatic carbocycles. The number of aryl methyl sites for hydroxylation is 2. The molecule has 2 aromatic rings. The summed E-state index contributed by atoms with van der Waals surface area (Å²) >= 11 is 0. The lowest BCUT2D eigenvalue weighted by molar-refractivity contribution is -0.137. The van der Waals surface area contributed by atoms with Gasteiger partial charge in [-0.25, -0.2) is 9.79 Å². The molecule has 0 saturated carbocycles. The van der Waals surface area contributed by atoms with Crippen molar-refractivity contribution >= 4 is 29.3 Å². The van der Waals surface area contributed by atoms with Gasteiger partial charge >= 0.3 is 6.03 Å². The second kappa shape index (κ2) is 8.04. The number of carbonyl (C=O) groups excluding carboxylic acids is 2. The van der Waals surface area contributed by atoms with Gasteiger partial charge in [-0.15, -0.1) is 0 Å². The summed E-state index contributed by atoms with van der Waals surface area (Å²) in [6.07, 6.45) is 1.40. The monoisotopic (exact) mass is 445 g/mol. The summed E-state index contributed by atoms with van der Waals surface area (Å²) in [7, 11) is 3.25. The molecule has 0 bridgehead atoms. The summed E-state index contributed by atoms with van der Waals surface area (Å²) in [6.45, 7) is 4.64.